The average molecular weight is 350 g/mol. The van der Waals surface area contributed by atoms with Crippen LogP contribution < -0.4 is 15.9 Å². The summed E-state index contributed by atoms with van der Waals surface area (Å²) in [6.07, 6.45) is 16.3. The molecule has 0 aromatic heterocycles. The first-order valence-electron chi connectivity index (χ1n) is 7.93. The molecule has 3 aromatic carbocycles. The molecule has 2 heteroatoms. The highest BCUT2D eigenvalue weighted by Gasteiger charge is 2.29. The number of hydrogen-bond donors (Lipinski definition) is 0. The fraction of sp³-hybridized carbons (Fsp3) is 0. The first-order valence-corrected chi connectivity index (χ1v) is 9.64. The fourth-order valence-electron chi connectivity index (χ4n) is 2.75. The van der Waals surface area contributed by atoms with Crippen LogP contribution in [0.15, 0.2) is 72.8 Å². The second-order valence-corrected chi connectivity index (χ2v) is 8.45. The highest BCUT2D eigenvalue weighted by molar-refractivity contribution is 7.85. The maximum absolute atomic E-state index is 14.3. The van der Waals surface area contributed by atoms with E-state index >= 15 is 0 Å². The van der Waals surface area contributed by atoms with Gasteiger partial charge in [0.1, 0.15) is 0 Å². The van der Waals surface area contributed by atoms with Crippen molar-refractivity contribution in [2.24, 2.45) is 0 Å². The standard InChI is InChI=1S/C24H15OP/c1-4-19-7-13-22(14-8-19)26(25,23-15-9-20(5-2)10-16-23)24-17-11-21(6-3)12-18-24/h1-3,7-18H. The summed E-state index contributed by atoms with van der Waals surface area (Å²) < 4.78 is 14.3. The minimum absolute atomic E-state index is 0.707. The molecule has 0 aliphatic carbocycles. The van der Waals surface area contributed by atoms with E-state index in [0.29, 0.717) is 15.9 Å². The van der Waals surface area contributed by atoms with Crippen LogP contribution in [-0.4, -0.2) is 0 Å². The Bertz CT molecular complexity index is 952. The highest BCUT2D eigenvalue weighted by atomic mass is 31.2. The Labute approximate surface area is 154 Å². The molecule has 1 nitrogen and oxygen atoms in total. The van der Waals surface area contributed by atoms with Crippen LogP contribution in [0.3, 0.4) is 0 Å². The lowest BCUT2D eigenvalue weighted by Crippen LogP contribution is -2.25. The van der Waals surface area contributed by atoms with Crippen molar-refractivity contribution in [3.63, 3.8) is 0 Å². The van der Waals surface area contributed by atoms with Crippen molar-refractivity contribution < 1.29 is 4.57 Å². The molecule has 0 bridgehead atoms. The van der Waals surface area contributed by atoms with E-state index in [9.17, 15) is 4.57 Å². The molecule has 0 fully saturated rings. The number of rotatable bonds is 3. The summed E-state index contributed by atoms with van der Waals surface area (Å²) in [7, 11) is -3.07. The normalized spacial score (nSPS) is 10.3. The molecule has 3 aromatic rings. The van der Waals surface area contributed by atoms with Crippen LogP contribution >= 0.6 is 7.14 Å². The van der Waals surface area contributed by atoms with Crippen molar-refractivity contribution in [2.45, 2.75) is 0 Å². The Balaban J connectivity index is 2.22. The molecule has 0 spiro atoms. The molecule has 0 N–H and O–H groups in total. The molecule has 0 unspecified atom stereocenters. The Morgan fingerprint density at radius 1 is 0.500 bits per heavy atom. The van der Waals surface area contributed by atoms with Gasteiger partial charge in [-0.25, -0.2) is 0 Å². The van der Waals surface area contributed by atoms with E-state index < -0.39 is 7.14 Å². The van der Waals surface area contributed by atoms with Crippen LogP contribution in [0.4, 0.5) is 0 Å². The van der Waals surface area contributed by atoms with Gasteiger partial charge in [0.25, 0.3) is 0 Å². The zero-order valence-electron chi connectivity index (χ0n) is 14.0. The maximum Gasteiger partial charge on any atom is 0.171 e. The topological polar surface area (TPSA) is 17.1 Å². The monoisotopic (exact) mass is 350 g/mol. The van der Waals surface area contributed by atoms with Gasteiger partial charge in [-0.2, -0.15) is 0 Å². The summed E-state index contributed by atoms with van der Waals surface area (Å²) in [5.41, 5.74) is 2.22. The van der Waals surface area contributed by atoms with Crippen molar-refractivity contribution in [1.82, 2.24) is 0 Å². The van der Waals surface area contributed by atoms with E-state index in [0.717, 1.165) is 16.7 Å². The largest absolute Gasteiger partial charge is 0.309 e. The third-order valence-electron chi connectivity index (χ3n) is 4.19. The van der Waals surface area contributed by atoms with Gasteiger partial charge in [-0.05, 0) is 72.8 Å². The molecule has 26 heavy (non-hydrogen) atoms. The lowest BCUT2D eigenvalue weighted by Gasteiger charge is -2.20. The van der Waals surface area contributed by atoms with Gasteiger partial charge < -0.3 is 4.57 Å². The van der Waals surface area contributed by atoms with Crippen molar-refractivity contribution in [2.75, 3.05) is 0 Å². The maximum atomic E-state index is 14.3. The van der Waals surface area contributed by atoms with Crippen LogP contribution in [0.1, 0.15) is 16.7 Å². The van der Waals surface area contributed by atoms with Crippen LogP contribution in [0, 0.1) is 37.0 Å². The van der Waals surface area contributed by atoms with Crippen LogP contribution in [0.25, 0.3) is 0 Å². The summed E-state index contributed by atoms with van der Waals surface area (Å²) in [6.45, 7) is 0. The summed E-state index contributed by atoms with van der Waals surface area (Å²) in [5.74, 6) is 7.74. The van der Waals surface area contributed by atoms with Crippen LogP contribution in [0.2, 0.25) is 0 Å². The van der Waals surface area contributed by atoms with Gasteiger partial charge in [0.05, 0.1) is 0 Å². The van der Waals surface area contributed by atoms with Gasteiger partial charge in [-0.15, -0.1) is 19.3 Å². The molecule has 0 radical (unpaired) electrons. The molecule has 0 atom stereocenters. The molecule has 3 rings (SSSR count). The summed E-state index contributed by atoms with van der Waals surface area (Å²) in [6, 6.07) is 21.7. The smallest absolute Gasteiger partial charge is 0.171 e. The molecule has 0 heterocycles. The third kappa shape index (κ3) is 3.08. The Kier molecular flexibility index (Phi) is 4.83. The summed E-state index contributed by atoms with van der Waals surface area (Å²) >= 11 is 0. The minimum Gasteiger partial charge on any atom is -0.309 e. The second kappa shape index (κ2) is 7.21. The Morgan fingerprint density at radius 2 is 0.731 bits per heavy atom. The average Bonchev–Trinajstić information content (AvgIpc) is 2.73. The lowest BCUT2D eigenvalue weighted by molar-refractivity contribution is 0.592. The van der Waals surface area contributed by atoms with Crippen LogP contribution in [0.5, 0.6) is 0 Å². The van der Waals surface area contributed by atoms with Gasteiger partial charge in [0, 0.05) is 32.6 Å². The van der Waals surface area contributed by atoms with Crippen molar-refractivity contribution in [1.29, 1.82) is 0 Å². The van der Waals surface area contributed by atoms with Gasteiger partial charge in [0.2, 0.25) is 0 Å². The van der Waals surface area contributed by atoms with Gasteiger partial charge >= 0.3 is 0 Å². The van der Waals surface area contributed by atoms with E-state index in [4.69, 9.17) is 19.3 Å². The predicted octanol–water partition coefficient (Wildman–Crippen LogP) is 3.27. The van der Waals surface area contributed by atoms with Crippen LogP contribution in [-0.2, 0) is 4.57 Å². The number of hydrogen-bond acceptors (Lipinski definition) is 1. The first-order chi connectivity index (χ1) is 12.6. The molecular formula is C24H15OP. The zero-order chi connectivity index (χ0) is 18.6. The van der Waals surface area contributed by atoms with Gasteiger partial charge in [-0.3, -0.25) is 0 Å². The molecule has 0 amide bonds. The Hall–Kier alpha value is -3.43. The van der Waals surface area contributed by atoms with E-state index in [-0.39, 0.29) is 0 Å². The zero-order valence-corrected chi connectivity index (χ0v) is 14.9. The Morgan fingerprint density at radius 3 is 0.923 bits per heavy atom. The second-order valence-electron chi connectivity index (χ2n) is 5.68. The highest BCUT2D eigenvalue weighted by Crippen LogP contribution is 2.42. The summed E-state index contributed by atoms with van der Waals surface area (Å²) in [5, 5.41) is 2.12. The number of terminal acetylenes is 3. The molecule has 0 aliphatic rings. The fourth-order valence-corrected chi connectivity index (χ4v) is 5.35. The molecule has 122 valence electrons. The van der Waals surface area contributed by atoms with E-state index in [2.05, 4.69) is 17.8 Å². The minimum atomic E-state index is -3.07. The van der Waals surface area contributed by atoms with Gasteiger partial charge in [0.15, 0.2) is 7.14 Å². The number of benzene rings is 3. The van der Waals surface area contributed by atoms with E-state index in [1.807, 2.05) is 36.4 Å². The SMILES string of the molecule is C#Cc1ccc(P(=O)(c2ccc(C#C)cc2)c2ccc(C#C)cc2)cc1. The molecular weight excluding hydrogens is 335 g/mol. The van der Waals surface area contributed by atoms with Crippen molar-refractivity contribution >= 4 is 23.1 Å². The van der Waals surface area contributed by atoms with Crippen molar-refractivity contribution in [3.05, 3.63) is 89.5 Å². The quantitative estimate of drug-likeness (QED) is 0.523. The van der Waals surface area contributed by atoms with Crippen molar-refractivity contribution in [3.8, 4) is 37.0 Å². The van der Waals surface area contributed by atoms with E-state index in [1.54, 1.807) is 36.4 Å². The van der Waals surface area contributed by atoms with Gasteiger partial charge in [-0.1, -0.05) is 17.8 Å². The third-order valence-corrected chi connectivity index (χ3v) is 7.27. The van der Waals surface area contributed by atoms with E-state index in [1.165, 1.54) is 0 Å². The molecule has 0 saturated carbocycles. The first kappa shape index (κ1) is 17.4. The predicted molar refractivity (Wildman–Crippen MR) is 110 cm³/mol. The lowest BCUT2D eigenvalue weighted by atomic mass is 10.2. The molecule has 0 saturated heterocycles. The molecule has 0 aliphatic heterocycles. The summed E-state index contributed by atoms with van der Waals surface area (Å²) in [4.78, 5) is 0.